The molecule has 5 aromatic rings. The number of hydrazone groups is 1. The number of phenolic OH excluding ortho intramolecular Hbond substituents is 1. The molecule has 0 heterocycles. The lowest BCUT2D eigenvalue weighted by molar-refractivity contribution is 0.0952. The van der Waals surface area contributed by atoms with Gasteiger partial charge in [0.1, 0.15) is 12.4 Å². The minimum atomic E-state index is -0.532. The van der Waals surface area contributed by atoms with Crippen molar-refractivity contribution in [1.29, 1.82) is 0 Å². The predicted molar refractivity (Wildman–Crippen MR) is 152 cm³/mol. The molecule has 0 radical (unpaired) electrons. The van der Waals surface area contributed by atoms with Crippen molar-refractivity contribution in [3.8, 4) is 17.2 Å². The van der Waals surface area contributed by atoms with Crippen molar-refractivity contribution in [2.75, 3.05) is 6.61 Å². The normalized spacial score (nSPS) is 11.2. The number of benzene rings is 5. The van der Waals surface area contributed by atoms with Crippen LogP contribution in [0.15, 0.2) is 96.1 Å². The van der Waals surface area contributed by atoms with E-state index in [1.165, 1.54) is 6.21 Å². The molecular formula is C31H25ClN2O4. The molecule has 0 fully saturated rings. The molecule has 190 valence electrons. The van der Waals surface area contributed by atoms with Crippen LogP contribution in [0.5, 0.6) is 17.2 Å². The highest BCUT2D eigenvalue weighted by Gasteiger charge is 2.14. The van der Waals surface area contributed by atoms with Crippen LogP contribution >= 0.6 is 11.6 Å². The van der Waals surface area contributed by atoms with Crippen LogP contribution in [0.2, 0.25) is 5.02 Å². The molecule has 1 amide bonds. The van der Waals surface area contributed by atoms with Crippen molar-refractivity contribution in [2.24, 2.45) is 5.10 Å². The molecule has 7 heteroatoms. The molecule has 0 bridgehead atoms. The third-order valence-electron chi connectivity index (χ3n) is 6.02. The Labute approximate surface area is 225 Å². The fourth-order valence-electron chi connectivity index (χ4n) is 4.19. The summed E-state index contributed by atoms with van der Waals surface area (Å²) in [4.78, 5) is 12.6. The summed E-state index contributed by atoms with van der Waals surface area (Å²) in [6.45, 7) is 2.61. The number of ether oxygens (including phenoxy) is 2. The molecule has 0 aliphatic heterocycles. The molecule has 0 saturated heterocycles. The smallest absolute Gasteiger partial charge is 0.275 e. The van der Waals surface area contributed by atoms with E-state index in [0.717, 1.165) is 27.1 Å². The lowest BCUT2D eigenvalue weighted by Gasteiger charge is -2.15. The van der Waals surface area contributed by atoms with E-state index in [1.54, 1.807) is 24.3 Å². The molecule has 0 atom stereocenters. The SMILES string of the molecule is CCOc1cc(C=NNC(=O)c2cc3ccccc3cc2O)cc(Cl)c1OCc1ccc2ccccc2c1. The number of nitrogens with one attached hydrogen (secondary N) is 1. The van der Waals surface area contributed by atoms with Gasteiger partial charge in [-0.15, -0.1) is 0 Å². The Hall–Kier alpha value is -4.55. The first-order chi connectivity index (χ1) is 18.5. The van der Waals surface area contributed by atoms with E-state index in [-0.39, 0.29) is 11.3 Å². The van der Waals surface area contributed by atoms with E-state index >= 15 is 0 Å². The Bertz CT molecular complexity index is 1670. The fraction of sp³-hybridized carbons (Fsp3) is 0.0968. The molecule has 2 N–H and O–H groups in total. The predicted octanol–water partition coefficient (Wildman–Crippen LogP) is 7.09. The topological polar surface area (TPSA) is 80.2 Å². The van der Waals surface area contributed by atoms with E-state index in [2.05, 4.69) is 34.8 Å². The Kier molecular flexibility index (Phi) is 7.43. The van der Waals surface area contributed by atoms with Crippen molar-refractivity contribution in [3.63, 3.8) is 0 Å². The molecule has 0 aromatic heterocycles. The van der Waals surface area contributed by atoms with E-state index < -0.39 is 5.91 Å². The van der Waals surface area contributed by atoms with Crippen molar-refractivity contribution in [3.05, 3.63) is 113 Å². The summed E-state index contributed by atoms with van der Waals surface area (Å²) >= 11 is 6.56. The van der Waals surface area contributed by atoms with Gasteiger partial charge in [0.2, 0.25) is 0 Å². The van der Waals surface area contributed by atoms with Crippen molar-refractivity contribution < 1.29 is 19.4 Å². The standard InChI is InChI=1S/C31H25ClN2O4/c1-2-37-29-15-21(18-33-34-31(36)26-16-24-9-5-6-10-25(24)17-28(26)35)14-27(32)30(29)38-19-20-11-12-22-7-3-4-8-23(22)13-20/h3-18,35H,2,19H2,1H3,(H,34,36). The Morgan fingerprint density at radius 1 is 0.895 bits per heavy atom. The minimum Gasteiger partial charge on any atom is -0.507 e. The number of hydrogen-bond acceptors (Lipinski definition) is 5. The first-order valence-corrected chi connectivity index (χ1v) is 12.5. The third-order valence-corrected chi connectivity index (χ3v) is 6.30. The maximum atomic E-state index is 12.6. The van der Waals surface area contributed by atoms with Gasteiger partial charge in [-0.05, 0) is 69.9 Å². The molecule has 0 saturated carbocycles. The summed E-state index contributed by atoms with van der Waals surface area (Å²) in [7, 11) is 0. The number of halogens is 1. The average molecular weight is 525 g/mol. The Balaban J connectivity index is 1.30. The van der Waals surface area contributed by atoms with Crippen LogP contribution in [0.3, 0.4) is 0 Å². The van der Waals surface area contributed by atoms with Crippen molar-refractivity contribution in [2.45, 2.75) is 13.5 Å². The number of aromatic hydroxyl groups is 1. The number of nitrogens with zero attached hydrogens (tertiary/aromatic N) is 1. The van der Waals surface area contributed by atoms with Gasteiger partial charge in [0.05, 0.1) is 23.4 Å². The maximum absolute atomic E-state index is 12.6. The molecule has 0 unspecified atom stereocenters. The highest BCUT2D eigenvalue weighted by atomic mass is 35.5. The Morgan fingerprint density at radius 2 is 1.58 bits per heavy atom. The number of amides is 1. The summed E-state index contributed by atoms with van der Waals surface area (Å²) < 4.78 is 11.8. The van der Waals surface area contributed by atoms with Crippen molar-refractivity contribution >= 4 is 45.3 Å². The zero-order valence-corrected chi connectivity index (χ0v) is 21.4. The van der Waals surface area contributed by atoms with Gasteiger partial charge in [-0.1, -0.05) is 72.3 Å². The van der Waals surface area contributed by atoms with Crippen LogP contribution in [0.1, 0.15) is 28.4 Å². The summed E-state index contributed by atoms with van der Waals surface area (Å²) in [5.41, 5.74) is 4.20. The summed E-state index contributed by atoms with van der Waals surface area (Å²) in [6, 6.07) is 28.4. The van der Waals surface area contributed by atoms with Crippen LogP contribution in [0.25, 0.3) is 21.5 Å². The maximum Gasteiger partial charge on any atom is 0.275 e. The second-order valence-electron chi connectivity index (χ2n) is 8.65. The number of rotatable bonds is 8. The van der Waals surface area contributed by atoms with E-state index in [4.69, 9.17) is 21.1 Å². The van der Waals surface area contributed by atoms with E-state index in [0.29, 0.717) is 35.3 Å². The van der Waals surface area contributed by atoms with Gasteiger partial charge in [0.25, 0.3) is 5.91 Å². The average Bonchev–Trinajstić information content (AvgIpc) is 2.92. The number of carbonyl (C=O) groups excluding carboxylic acids is 1. The minimum absolute atomic E-state index is 0.119. The molecule has 6 nitrogen and oxygen atoms in total. The second kappa shape index (κ2) is 11.2. The molecule has 0 spiro atoms. The zero-order valence-electron chi connectivity index (χ0n) is 20.6. The van der Waals surface area contributed by atoms with Crippen LogP contribution < -0.4 is 14.9 Å². The fourth-order valence-corrected chi connectivity index (χ4v) is 4.46. The zero-order chi connectivity index (χ0) is 26.5. The highest BCUT2D eigenvalue weighted by molar-refractivity contribution is 6.32. The summed E-state index contributed by atoms with van der Waals surface area (Å²) in [5, 5.41) is 18.7. The molecule has 0 aliphatic carbocycles. The number of hydrogen-bond donors (Lipinski definition) is 2. The van der Waals surface area contributed by atoms with E-state index in [1.807, 2.05) is 49.4 Å². The Morgan fingerprint density at radius 3 is 2.32 bits per heavy atom. The van der Waals surface area contributed by atoms with Gasteiger partial charge in [-0.3, -0.25) is 4.79 Å². The van der Waals surface area contributed by atoms with Crippen LogP contribution in [0.4, 0.5) is 0 Å². The largest absolute Gasteiger partial charge is 0.507 e. The molecule has 5 rings (SSSR count). The third kappa shape index (κ3) is 5.56. The van der Waals surface area contributed by atoms with Crippen LogP contribution in [-0.2, 0) is 6.61 Å². The van der Waals surface area contributed by atoms with Crippen molar-refractivity contribution in [1.82, 2.24) is 5.43 Å². The van der Waals surface area contributed by atoms with Crippen LogP contribution in [0, 0.1) is 0 Å². The first kappa shape index (κ1) is 25.1. The van der Waals surface area contributed by atoms with Gasteiger partial charge in [0, 0.05) is 0 Å². The van der Waals surface area contributed by atoms with Gasteiger partial charge in [-0.25, -0.2) is 5.43 Å². The molecule has 5 aromatic carbocycles. The number of fused-ring (bicyclic) bond motifs is 2. The summed E-state index contributed by atoms with van der Waals surface area (Å²) in [5.74, 6) is 0.256. The lowest BCUT2D eigenvalue weighted by atomic mass is 10.1. The highest BCUT2D eigenvalue weighted by Crippen LogP contribution is 2.37. The molecular weight excluding hydrogens is 500 g/mol. The molecule has 38 heavy (non-hydrogen) atoms. The van der Waals surface area contributed by atoms with Gasteiger partial charge in [0.15, 0.2) is 11.5 Å². The second-order valence-corrected chi connectivity index (χ2v) is 9.06. The molecule has 0 aliphatic rings. The van der Waals surface area contributed by atoms with Gasteiger partial charge in [-0.2, -0.15) is 5.10 Å². The van der Waals surface area contributed by atoms with Gasteiger partial charge >= 0.3 is 0 Å². The quantitative estimate of drug-likeness (QED) is 0.168. The lowest BCUT2D eigenvalue weighted by Crippen LogP contribution is -2.17. The summed E-state index contributed by atoms with van der Waals surface area (Å²) in [6.07, 6.45) is 1.46. The number of carbonyl (C=O) groups is 1. The monoisotopic (exact) mass is 524 g/mol. The van der Waals surface area contributed by atoms with E-state index in [9.17, 15) is 9.90 Å². The first-order valence-electron chi connectivity index (χ1n) is 12.1. The number of phenols is 1. The van der Waals surface area contributed by atoms with Crippen LogP contribution in [-0.4, -0.2) is 23.8 Å². The van der Waals surface area contributed by atoms with Gasteiger partial charge < -0.3 is 14.6 Å².